The Bertz CT molecular complexity index is 3540. The number of nitrogens with one attached hydrogen (secondary N) is 4. The molecular weight excluding hydrogens is 1350 g/mol. The molecule has 5 heterocycles. The number of quaternary nitrogens is 2. The van der Waals surface area contributed by atoms with Crippen molar-refractivity contribution in [2.24, 2.45) is 26.9 Å². The van der Waals surface area contributed by atoms with Crippen molar-refractivity contribution in [3.63, 3.8) is 0 Å². The Morgan fingerprint density at radius 1 is 0.578 bits per heavy atom. The average molecular weight is 1450 g/mol. The zero-order valence-electron chi connectivity index (χ0n) is 58.6. The summed E-state index contributed by atoms with van der Waals surface area (Å²) in [5.74, 6) is -16.0. The number of allylic oxidation sites excluding steroid dienone is 5. The first kappa shape index (κ1) is 86.8. The lowest BCUT2D eigenvalue weighted by Gasteiger charge is -2.48. The number of carbonyl (C=O) groups is 12. The predicted molar refractivity (Wildman–Crippen MR) is 361 cm³/mol. The van der Waals surface area contributed by atoms with Gasteiger partial charge in [0.1, 0.15) is 38.9 Å². The fourth-order valence-corrected chi connectivity index (χ4v) is 13.2. The van der Waals surface area contributed by atoms with Gasteiger partial charge in [0.15, 0.2) is 11.1 Å². The van der Waals surface area contributed by atoms with E-state index in [4.69, 9.17) is 31.1 Å². The van der Waals surface area contributed by atoms with Crippen LogP contribution in [0.25, 0.3) is 12.2 Å². The van der Waals surface area contributed by atoms with Crippen molar-refractivity contribution in [3.05, 3.63) is 68.2 Å². The van der Waals surface area contributed by atoms with Crippen molar-refractivity contribution >= 4 is 95.2 Å². The van der Waals surface area contributed by atoms with Crippen LogP contribution in [0.1, 0.15) is 125 Å². The second-order valence-corrected chi connectivity index (χ2v) is 25.5. The topological polar surface area (TPSA) is 573 Å². The van der Waals surface area contributed by atoms with Gasteiger partial charge in [0.2, 0.25) is 26.2 Å². The number of nitrogens with two attached hydrogens (primary N) is 2. The third-order valence-corrected chi connectivity index (χ3v) is 17.6. The number of aromatic nitrogens is 1. The summed E-state index contributed by atoms with van der Waals surface area (Å²) >= 11 is 0. The van der Waals surface area contributed by atoms with Gasteiger partial charge in [0.25, 0.3) is 0 Å². The Hall–Kier alpha value is -9.40. The van der Waals surface area contributed by atoms with Crippen molar-refractivity contribution in [2.45, 2.75) is 149 Å². The first-order valence-electron chi connectivity index (χ1n) is 32.7. The molecule has 0 radical (unpaired) electrons. The molecule has 1 fully saturated rings. The maximum absolute atomic E-state index is 13.0. The summed E-state index contributed by atoms with van der Waals surface area (Å²) in [7, 11) is 0. The molecule has 3 atom stereocenters. The van der Waals surface area contributed by atoms with Gasteiger partial charge in [0, 0.05) is 75.1 Å². The van der Waals surface area contributed by atoms with Crippen LogP contribution in [0.4, 0.5) is 0 Å². The van der Waals surface area contributed by atoms with E-state index in [9.17, 15) is 109 Å². The molecule has 1 saturated heterocycles. The van der Waals surface area contributed by atoms with Crippen LogP contribution in [-0.4, -0.2) is 263 Å². The number of aliphatic carboxylic acids is 10. The summed E-state index contributed by atoms with van der Waals surface area (Å²) in [5, 5.41) is 114. The molecule has 0 saturated carbocycles. The maximum Gasteiger partial charge on any atom is 0.362 e. The van der Waals surface area contributed by atoms with Crippen LogP contribution in [0.15, 0.2) is 61.9 Å². The fourth-order valence-electron chi connectivity index (χ4n) is 13.2. The lowest BCUT2D eigenvalue weighted by atomic mass is 9.74. The molecule has 1 aromatic rings. The van der Waals surface area contributed by atoms with Crippen LogP contribution >= 0.6 is 0 Å². The van der Waals surface area contributed by atoms with E-state index in [1.54, 1.807) is 71.9 Å². The predicted octanol–water partition coefficient (Wildman–Crippen LogP) is 0.272. The van der Waals surface area contributed by atoms with Gasteiger partial charge in [-0.3, -0.25) is 38.4 Å². The van der Waals surface area contributed by atoms with Crippen LogP contribution in [0.5, 0.6) is 0 Å². The lowest BCUT2D eigenvalue weighted by Crippen LogP contribution is -2.72. The molecular formula is C66H98N10O26+2. The Morgan fingerprint density at radius 2 is 1.00 bits per heavy atom. The first-order chi connectivity index (χ1) is 47.7. The number of esters is 2. The number of rotatable bonds is 42. The Labute approximate surface area is 586 Å². The molecule has 0 amide bonds. The summed E-state index contributed by atoms with van der Waals surface area (Å²) in [6.07, 6.45) is 1.07. The Balaban J connectivity index is 0.00000206. The molecule has 102 heavy (non-hydrogen) atoms. The maximum atomic E-state index is 13.0. The highest BCUT2D eigenvalue weighted by Gasteiger charge is 2.61. The highest BCUT2D eigenvalue weighted by molar-refractivity contribution is 6.24. The quantitative estimate of drug-likeness (QED) is 0.0181. The third-order valence-electron chi connectivity index (χ3n) is 17.6. The van der Waals surface area contributed by atoms with Crippen molar-refractivity contribution in [2.75, 3.05) is 91.9 Å². The minimum Gasteiger partial charge on any atom is -0.481 e. The molecule has 4 aliphatic heterocycles. The average Bonchev–Trinajstić information content (AvgIpc) is 1.42. The largest absolute Gasteiger partial charge is 0.481 e. The van der Waals surface area contributed by atoms with E-state index in [2.05, 4.69) is 30.4 Å². The van der Waals surface area contributed by atoms with Gasteiger partial charge in [-0.1, -0.05) is 6.92 Å². The molecule has 18 N–H and O–H groups in total. The number of aromatic amines is 1. The standard InChI is InChI=1S/C58H80N10O22.2C4H8O2/c1-33-17-36-18-39-34(2)37(5-7-45(69)70)41(64-39)19-42-38(6-8-46(71)72)35(3)40(65-42)20-44-55(4,9-15-89-67(26-51(81)82,27-52(83)84)57(22-47(73)74,23-48(75)76)31-61-13-11-59)30-56(66-44,21-43(33)63-36)10-16-90-68(28-53(85)86,29-54(87)88)58(24-49(77)78,25-50(79)80)32-62-14-12-60;2*1-3-6-4(2)5/h17-21,44,61-62,66H,5-16,22-32,59-60H2,1-4H3,(H9-2,63,64,65,69,70,71,72,73,74,75,76,77,78,79,80,81,82,83,84,85,86,87,88);2*3H2,1-2H3/p+2. The number of fused-ring (bicyclic) bond motifs is 6. The van der Waals surface area contributed by atoms with E-state index in [0.717, 1.165) is 0 Å². The zero-order valence-corrected chi connectivity index (χ0v) is 58.6. The van der Waals surface area contributed by atoms with Gasteiger partial charge in [-0.15, -0.1) is 0 Å². The number of hydrogen-bond donors (Lipinski definition) is 16. The van der Waals surface area contributed by atoms with Crippen molar-refractivity contribution in [1.82, 2.24) is 20.9 Å². The molecule has 0 spiro atoms. The number of hydroxylamine groups is 6. The number of aliphatic imine (C=N–C) groups is 2. The van der Waals surface area contributed by atoms with Gasteiger partial charge < -0.3 is 92.9 Å². The van der Waals surface area contributed by atoms with E-state index in [0.29, 0.717) is 63.2 Å². The summed E-state index contributed by atoms with van der Waals surface area (Å²) in [4.78, 5) is 173. The Kier molecular flexibility index (Phi) is 33.3. The SMILES string of the molecule is CC1=C(CCC(=O)O)C2=CC3=NC(=CC4NC(CCO[N+](CC(=O)O)(CC(=O)O)C(CNCCN)(CC(=O)O)CC(=O)O)(C=c5[nH]c(cc5C)=CC1=N2)CC4(C)CCO[N+](CC(=O)O)(CC(=O)O)C(CNCCN)(CC(=O)O)CC(=O)O)C(C)=C3CCC(=O)O.CCOC(C)=O.CCOC(C)=O. The molecule has 0 aliphatic carbocycles. The zero-order chi connectivity index (χ0) is 77.1. The summed E-state index contributed by atoms with van der Waals surface area (Å²) in [5.41, 5.74) is 8.09. The molecule has 1 aromatic heterocycles. The number of ether oxygens (including phenoxy) is 2. The number of carboxylic acid groups (broad SMARTS) is 10. The van der Waals surface area contributed by atoms with Crippen LogP contribution in [0, 0.1) is 12.3 Å². The number of carbonyl (C=O) groups excluding carboxylic acids is 2. The number of nitrogens with zero attached hydrogens (tertiary/aromatic N) is 4. The van der Waals surface area contributed by atoms with E-state index in [-0.39, 0.29) is 94.5 Å². The lowest BCUT2D eigenvalue weighted by molar-refractivity contribution is -1.13. The molecule has 8 bridgehead atoms. The highest BCUT2D eigenvalue weighted by atomic mass is 16.7. The van der Waals surface area contributed by atoms with E-state index >= 15 is 0 Å². The van der Waals surface area contributed by atoms with Gasteiger partial charge >= 0.3 is 71.6 Å². The smallest absolute Gasteiger partial charge is 0.362 e. The highest BCUT2D eigenvalue weighted by Crippen LogP contribution is 2.48. The molecule has 5 rings (SSSR count). The second kappa shape index (κ2) is 39.1. The fraction of sp³-hybridized carbons (Fsp3) is 0.576. The molecule has 3 unspecified atom stereocenters. The molecule has 36 nitrogen and oxygen atoms in total. The molecule has 566 valence electrons. The normalized spacial score (nSPS) is 17.9. The monoisotopic (exact) mass is 1450 g/mol. The molecule has 36 heteroatoms. The Morgan fingerprint density at radius 3 is 1.38 bits per heavy atom. The van der Waals surface area contributed by atoms with Crippen LogP contribution in [0.2, 0.25) is 0 Å². The van der Waals surface area contributed by atoms with Crippen LogP contribution in [-0.2, 0) is 76.7 Å². The van der Waals surface area contributed by atoms with Gasteiger partial charge in [-0.05, 0) is 130 Å². The van der Waals surface area contributed by atoms with Gasteiger partial charge in [0.05, 0.1) is 49.1 Å². The van der Waals surface area contributed by atoms with E-state index in [1.807, 2.05) is 0 Å². The first-order valence-corrected chi connectivity index (χ1v) is 32.7. The number of hydrogen-bond acceptors (Lipinski definition) is 23. The van der Waals surface area contributed by atoms with Crippen LogP contribution in [0.3, 0.4) is 0 Å². The molecule has 0 aromatic carbocycles. The van der Waals surface area contributed by atoms with Crippen LogP contribution < -0.4 is 38.1 Å². The third kappa shape index (κ3) is 25.0. The summed E-state index contributed by atoms with van der Waals surface area (Å²) in [6.45, 7) is 6.43. The van der Waals surface area contributed by atoms with Gasteiger partial charge in [-0.2, -0.15) is 9.29 Å². The van der Waals surface area contributed by atoms with Crippen molar-refractivity contribution in [1.29, 1.82) is 0 Å². The minimum absolute atomic E-state index is 0.0461. The summed E-state index contributed by atoms with van der Waals surface area (Å²) in [6, 6.07) is 0.780. The number of aryl methyl sites for hydroxylation is 1. The second-order valence-electron chi connectivity index (χ2n) is 25.5. The number of H-pyrrole nitrogens is 1. The van der Waals surface area contributed by atoms with Crippen molar-refractivity contribution < 1.29 is 137 Å². The van der Waals surface area contributed by atoms with E-state index < -0.39 is 175 Å². The summed E-state index contributed by atoms with van der Waals surface area (Å²) < 4.78 is 5.63. The van der Waals surface area contributed by atoms with Gasteiger partial charge in [-0.25, -0.2) is 38.8 Å². The van der Waals surface area contributed by atoms with E-state index in [1.165, 1.54) is 13.8 Å². The number of carboxylic acids is 10. The minimum atomic E-state index is -2.36. The van der Waals surface area contributed by atoms with Crippen molar-refractivity contribution in [3.8, 4) is 0 Å². The molecule has 4 aliphatic rings.